The standard InChI is InChI=1S/C16H19N3O2/c1-3-21-12-9-7-11(8-10-12)17-16(20)15-13-5-4-6-14(13)19(2)18-15/h7-10H,3-6H2,1-2H3,(H,17,20). The Morgan fingerprint density at radius 3 is 2.81 bits per heavy atom. The number of carbonyl (C=O) groups is 1. The molecular weight excluding hydrogens is 266 g/mol. The van der Waals surface area contributed by atoms with Gasteiger partial charge in [-0.2, -0.15) is 5.10 Å². The number of hydrogen-bond acceptors (Lipinski definition) is 3. The molecule has 1 N–H and O–H groups in total. The number of benzene rings is 1. The van der Waals surface area contributed by atoms with E-state index in [4.69, 9.17) is 4.74 Å². The molecule has 110 valence electrons. The molecule has 0 aliphatic heterocycles. The maximum Gasteiger partial charge on any atom is 0.276 e. The highest BCUT2D eigenvalue weighted by molar-refractivity contribution is 6.04. The fourth-order valence-corrected chi connectivity index (χ4v) is 2.78. The van der Waals surface area contributed by atoms with Crippen LogP contribution in [0.25, 0.3) is 0 Å². The number of carbonyl (C=O) groups excluding carboxylic acids is 1. The molecule has 2 aromatic rings. The molecule has 21 heavy (non-hydrogen) atoms. The third kappa shape index (κ3) is 2.63. The molecule has 0 unspecified atom stereocenters. The molecule has 1 heterocycles. The van der Waals surface area contributed by atoms with Crippen LogP contribution in [-0.2, 0) is 19.9 Å². The van der Waals surface area contributed by atoms with Crippen LogP contribution < -0.4 is 10.1 Å². The van der Waals surface area contributed by atoms with Gasteiger partial charge in [0.25, 0.3) is 5.91 Å². The first kappa shape index (κ1) is 13.7. The van der Waals surface area contributed by atoms with Gasteiger partial charge in [0, 0.05) is 24.0 Å². The maximum absolute atomic E-state index is 12.4. The van der Waals surface area contributed by atoms with Crippen molar-refractivity contribution in [3.8, 4) is 5.75 Å². The monoisotopic (exact) mass is 285 g/mol. The molecule has 5 heteroatoms. The van der Waals surface area contributed by atoms with Gasteiger partial charge in [0.05, 0.1) is 6.61 Å². The first-order valence-corrected chi connectivity index (χ1v) is 7.28. The molecule has 1 aromatic carbocycles. The number of amides is 1. The largest absolute Gasteiger partial charge is 0.494 e. The predicted octanol–water partition coefficient (Wildman–Crippen LogP) is 2.56. The van der Waals surface area contributed by atoms with Gasteiger partial charge in [-0.1, -0.05) is 0 Å². The van der Waals surface area contributed by atoms with E-state index in [-0.39, 0.29) is 5.91 Å². The molecule has 3 rings (SSSR count). The van der Waals surface area contributed by atoms with Crippen molar-refractivity contribution >= 4 is 11.6 Å². The molecule has 5 nitrogen and oxygen atoms in total. The number of hydrogen-bond donors (Lipinski definition) is 1. The summed E-state index contributed by atoms with van der Waals surface area (Å²) in [6.45, 7) is 2.57. The van der Waals surface area contributed by atoms with Crippen LogP contribution in [0.2, 0.25) is 0 Å². The molecule has 1 aliphatic rings. The minimum atomic E-state index is -0.141. The Morgan fingerprint density at radius 1 is 1.33 bits per heavy atom. The van der Waals surface area contributed by atoms with Gasteiger partial charge in [-0.25, -0.2) is 0 Å². The van der Waals surface area contributed by atoms with Crippen molar-refractivity contribution in [1.29, 1.82) is 0 Å². The second-order valence-corrected chi connectivity index (χ2v) is 5.16. The zero-order chi connectivity index (χ0) is 14.8. The average Bonchev–Trinajstić information content (AvgIpc) is 3.06. The average molecular weight is 285 g/mol. The fourth-order valence-electron chi connectivity index (χ4n) is 2.78. The Kier molecular flexibility index (Phi) is 3.64. The highest BCUT2D eigenvalue weighted by atomic mass is 16.5. The number of aromatic nitrogens is 2. The van der Waals surface area contributed by atoms with Gasteiger partial charge < -0.3 is 10.1 Å². The zero-order valence-corrected chi connectivity index (χ0v) is 12.3. The molecule has 0 fully saturated rings. The highest BCUT2D eigenvalue weighted by Gasteiger charge is 2.25. The number of fused-ring (bicyclic) bond motifs is 1. The Hall–Kier alpha value is -2.30. The number of nitrogens with one attached hydrogen (secondary N) is 1. The number of rotatable bonds is 4. The molecule has 0 saturated carbocycles. The molecule has 1 amide bonds. The van der Waals surface area contributed by atoms with Crippen molar-refractivity contribution in [2.45, 2.75) is 26.2 Å². The lowest BCUT2D eigenvalue weighted by atomic mass is 10.2. The maximum atomic E-state index is 12.4. The summed E-state index contributed by atoms with van der Waals surface area (Å²) in [5.41, 5.74) is 3.59. The van der Waals surface area contributed by atoms with Gasteiger partial charge >= 0.3 is 0 Å². The van der Waals surface area contributed by atoms with Crippen molar-refractivity contribution in [2.75, 3.05) is 11.9 Å². The number of aryl methyl sites for hydroxylation is 1. The molecular formula is C16H19N3O2. The molecule has 0 bridgehead atoms. The summed E-state index contributed by atoms with van der Waals surface area (Å²) in [6.07, 6.45) is 3.05. The van der Waals surface area contributed by atoms with Gasteiger partial charge in [-0.3, -0.25) is 9.48 Å². The van der Waals surface area contributed by atoms with Crippen LogP contribution in [0.1, 0.15) is 35.1 Å². The van der Waals surface area contributed by atoms with Crippen LogP contribution in [0.3, 0.4) is 0 Å². The van der Waals surface area contributed by atoms with E-state index in [2.05, 4.69) is 10.4 Å². The van der Waals surface area contributed by atoms with E-state index in [0.717, 1.165) is 36.3 Å². The fraction of sp³-hybridized carbons (Fsp3) is 0.375. The van der Waals surface area contributed by atoms with Crippen LogP contribution >= 0.6 is 0 Å². The van der Waals surface area contributed by atoms with Crippen molar-refractivity contribution in [3.63, 3.8) is 0 Å². The van der Waals surface area contributed by atoms with Gasteiger partial charge in [-0.15, -0.1) is 0 Å². The summed E-state index contributed by atoms with van der Waals surface area (Å²) < 4.78 is 7.21. The summed E-state index contributed by atoms with van der Waals surface area (Å²) in [7, 11) is 1.90. The van der Waals surface area contributed by atoms with E-state index in [1.54, 1.807) is 0 Å². The molecule has 1 aromatic heterocycles. The van der Waals surface area contributed by atoms with Crippen LogP contribution in [0.4, 0.5) is 5.69 Å². The normalized spacial score (nSPS) is 13.0. The Balaban J connectivity index is 1.76. The molecule has 0 radical (unpaired) electrons. The molecule has 0 spiro atoms. The zero-order valence-electron chi connectivity index (χ0n) is 12.3. The molecule has 0 atom stereocenters. The Morgan fingerprint density at radius 2 is 2.10 bits per heavy atom. The highest BCUT2D eigenvalue weighted by Crippen LogP contribution is 2.25. The van der Waals surface area contributed by atoms with Crippen LogP contribution in [0, 0.1) is 0 Å². The van der Waals surface area contributed by atoms with Crippen LogP contribution in [0.5, 0.6) is 5.75 Å². The van der Waals surface area contributed by atoms with E-state index in [0.29, 0.717) is 12.3 Å². The van der Waals surface area contributed by atoms with E-state index in [1.807, 2.05) is 42.9 Å². The lowest BCUT2D eigenvalue weighted by Gasteiger charge is -2.06. The second-order valence-electron chi connectivity index (χ2n) is 5.16. The van der Waals surface area contributed by atoms with Gasteiger partial charge in [0.15, 0.2) is 5.69 Å². The smallest absolute Gasteiger partial charge is 0.276 e. The predicted molar refractivity (Wildman–Crippen MR) is 80.8 cm³/mol. The topological polar surface area (TPSA) is 56.1 Å². The van der Waals surface area contributed by atoms with Gasteiger partial charge in [0.2, 0.25) is 0 Å². The van der Waals surface area contributed by atoms with E-state index in [1.165, 1.54) is 5.69 Å². The summed E-state index contributed by atoms with van der Waals surface area (Å²) in [5.74, 6) is 0.659. The number of ether oxygens (including phenoxy) is 1. The van der Waals surface area contributed by atoms with Crippen molar-refractivity contribution in [2.24, 2.45) is 7.05 Å². The van der Waals surface area contributed by atoms with Crippen LogP contribution in [0.15, 0.2) is 24.3 Å². The van der Waals surface area contributed by atoms with Crippen molar-refractivity contribution in [3.05, 3.63) is 41.2 Å². The van der Waals surface area contributed by atoms with E-state index < -0.39 is 0 Å². The Labute approximate surface area is 123 Å². The first-order valence-electron chi connectivity index (χ1n) is 7.28. The summed E-state index contributed by atoms with van der Waals surface area (Å²) in [4.78, 5) is 12.4. The quantitative estimate of drug-likeness (QED) is 0.939. The van der Waals surface area contributed by atoms with Crippen LogP contribution in [-0.4, -0.2) is 22.3 Å². The third-order valence-corrected chi connectivity index (χ3v) is 3.75. The van der Waals surface area contributed by atoms with Gasteiger partial charge in [0.1, 0.15) is 5.75 Å². The van der Waals surface area contributed by atoms with Crippen molar-refractivity contribution < 1.29 is 9.53 Å². The minimum absolute atomic E-state index is 0.141. The number of anilines is 1. The third-order valence-electron chi connectivity index (χ3n) is 3.75. The summed E-state index contributed by atoms with van der Waals surface area (Å²) >= 11 is 0. The first-order chi connectivity index (χ1) is 10.2. The second kappa shape index (κ2) is 5.60. The van der Waals surface area contributed by atoms with Gasteiger partial charge in [-0.05, 0) is 50.5 Å². The minimum Gasteiger partial charge on any atom is -0.494 e. The lowest BCUT2D eigenvalue weighted by molar-refractivity contribution is 0.102. The Bertz CT molecular complexity index is 659. The van der Waals surface area contributed by atoms with Crippen molar-refractivity contribution in [1.82, 2.24) is 9.78 Å². The van der Waals surface area contributed by atoms with E-state index >= 15 is 0 Å². The summed E-state index contributed by atoms with van der Waals surface area (Å²) in [5, 5.41) is 7.26. The van der Waals surface area contributed by atoms with E-state index in [9.17, 15) is 4.79 Å². The molecule has 1 aliphatic carbocycles. The number of nitrogens with zero attached hydrogens (tertiary/aromatic N) is 2. The summed E-state index contributed by atoms with van der Waals surface area (Å²) in [6, 6.07) is 7.38. The molecule has 0 saturated heterocycles. The lowest BCUT2D eigenvalue weighted by Crippen LogP contribution is -2.14. The SMILES string of the molecule is CCOc1ccc(NC(=O)c2nn(C)c3c2CCC3)cc1.